The molecule has 2 heterocycles. The maximum absolute atomic E-state index is 15.2. The fourth-order valence-electron chi connectivity index (χ4n) is 4.13. The fraction of sp³-hybridized carbons (Fsp3) is 0.240. The van der Waals surface area contributed by atoms with E-state index in [4.69, 9.17) is 0 Å². The summed E-state index contributed by atoms with van der Waals surface area (Å²) in [5.74, 6) is -1.29. The first-order chi connectivity index (χ1) is 18.3. The highest BCUT2D eigenvalue weighted by molar-refractivity contribution is 7.92. The molecule has 39 heavy (non-hydrogen) atoms. The van der Waals surface area contributed by atoms with Gasteiger partial charge in [-0.05, 0) is 48.7 Å². The molecular weight excluding hydrogens is 542 g/mol. The molecule has 3 N–H and O–H groups in total. The van der Waals surface area contributed by atoms with Crippen molar-refractivity contribution in [2.24, 2.45) is 0 Å². The van der Waals surface area contributed by atoms with Crippen LogP contribution in [0.15, 0.2) is 60.8 Å². The molecule has 0 aliphatic carbocycles. The van der Waals surface area contributed by atoms with Crippen LogP contribution in [0.3, 0.4) is 0 Å². The van der Waals surface area contributed by atoms with Gasteiger partial charge in [0.2, 0.25) is 15.9 Å². The number of sulfonamides is 1. The van der Waals surface area contributed by atoms with Crippen LogP contribution in [0.25, 0.3) is 11.1 Å². The van der Waals surface area contributed by atoms with Crippen LogP contribution in [0.4, 0.5) is 39.4 Å². The number of carbonyl (C=O) groups excluding carboxylic acids is 2. The Morgan fingerprint density at radius 1 is 1.10 bits per heavy atom. The number of nitrogens with zero attached hydrogens (tertiary/aromatic N) is 2. The third kappa shape index (κ3) is 6.82. The van der Waals surface area contributed by atoms with E-state index in [0.717, 1.165) is 18.5 Å². The molecule has 206 valence electrons. The summed E-state index contributed by atoms with van der Waals surface area (Å²) in [5, 5.41) is 4.80. The number of alkyl halides is 3. The summed E-state index contributed by atoms with van der Waals surface area (Å²) >= 11 is 0. The van der Waals surface area contributed by atoms with E-state index >= 15 is 4.39 Å². The Labute approximate surface area is 221 Å². The second-order valence-corrected chi connectivity index (χ2v) is 10.5. The highest BCUT2D eigenvalue weighted by Gasteiger charge is 2.33. The summed E-state index contributed by atoms with van der Waals surface area (Å²) in [6, 6.07) is 10.5. The number of hydrogen-bond donors (Lipinski definition) is 3. The summed E-state index contributed by atoms with van der Waals surface area (Å²) in [6.45, 7) is 0.198. The van der Waals surface area contributed by atoms with E-state index in [0.29, 0.717) is 23.6 Å². The van der Waals surface area contributed by atoms with Crippen molar-refractivity contribution in [3.63, 3.8) is 0 Å². The zero-order valence-corrected chi connectivity index (χ0v) is 21.2. The van der Waals surface area contributed by atoms with Crippen LogP contribution in [0.5, 0.6) is 0 Å². The van der Waals surface area contributed by atoms with Gasteiger partial charge in [-0.1, -0.05) is 24.3 Å². The fourth-order valence-corrected chi connectivity index (χ4v) is 4.70. The first-order valence-electron chi connectivity index (χ1n) is 11.6. The van der Waals surface area contributed by atoms with E-state index < -0.39 is 45.7 Å². The molecule has 4 rings (SSSR count). The molecule has 0 radical (unpaired) electrons. The van der Waals surface area contributed by atoms with Crippen molar-refractivity contribution >= 4 is 39.0 Å². The number of aromatic nitrogens is 1. The minimum Gasteiger partial charge on any atom is -0.326 e. The lowest BCUT2D eigenvalue weighted by Crippen LogP contribution is -2.53. The van der Waals surface area contributed by atoms with Crippen LogP contribution in [-0.4, -0.2) is 44.2 Å². The molecule has 3 amide bonds. The van der Waals surface area contributed by atoms with Crippen LogP contribution in [0, 0.1) is 5.82 Å². The van der Waals surface area contributed by atoms with Crippen LogP contribution in [-0.2, 0) is 21.0 Å². The Bertz CT molecular complexity index is 1500. The van der Waals surface area contributed by atoms with Gasteiger partial charge in [0.25, 0.3) is 0 Å². The van der Waals surface area contributed by atoms with Gasteiger partial charge >= 0.3 is 12.2 Å². The van der Waals surface area contributed by atoms with Crippen molar-refractivity contribution in [1.29, 1.82) is 0 Å². The average Bonchev–Trinajstić information content (AvgIpc) is 2.85. The van der Waals surface area contributed by atoms with Crippen LogP contribution < -0.4 is 20.3 Å². The van der Waals surface area contributed by atoms with E-state index in [9.17, 15) is 31.2 Å². The third-order valence-electron chi connectivity index (χ3n) is 5.83. The molecule has 9 nitrogen and oxygen atoms in total. The van der Waals surface area contributed by atoms with Gasteiger partial charge in [-0.3, -0.25) is 9.52 Å². The molecular formula is C25H23F4N5O4S. The van der Waals surface area contributed by atoms with Crippen molar-refractivity contribution in [3.8, 4) is 11.1 Å². The topological polar surface area (TPSA) is 120 Å². The second kappa shape index (κ2) is 10.9. The number of anilines is 3. The van der Waals surface area contributed by atoms with Crippen molar-refractivity contribution in [1.82, 2.24) is 10.3 Å². The minimum atomic E-state index is -4.62. The number of benzene rings is 2. The number of pyridine rings is 1. The standard InChI is InChI=1S/C25H23F4N5O4S/c1-39(37,38)33-19-6-3-2-5-17(19)15-8-10-21(18(26)13-15)34-12-4-7-20(23(34)35)32-24(36)31-16-9-11-22(30-14-16)25(27,28)29/h2-3,5-6,8-11,13-14,20,33H,4,7,12H2,1H3,(H2,31,32,36)/t20-/m1/s1. The summed E-state index contributed by atoms with van der Waals surface area (Å²) in [6.07, 6.45) is -2.06. The quantitative estimate of drug-likeness (QED) is 0.378. The lowest BCUT2D eigenvalue weighted by molar-refractivity contribution is -0.141. The molecule has 1 saturated heterocycles. The largest absolute Gasteiger partial charge is 0.433 e. The molecule has 1 atom stereocenters. The summed E-state index contributed by atoms with van der Waals surface area (Å²) < 4.78 is 79.0. The number of halogens is 4. The van der Waals surface area contributed by atoms with Gasteiger partial charge in [-0.2, -0.15) is 13.2 Å². The van der Waals surface area contributed by atoms with Crippen molar-refractivity contribution < 1.29 is 35.6 Å². The van der Waals surface area contributed by atoms with Crippen LogP contribution in [0.2, 0.25) is 0 Å². The van der Waals surface area contributed by atoms with E-state index in [1.54, 1.807) is 30.3 Å². The van der Waals surface area contributed by atoms with Gasteiger partial charge in [0.15, 0.2) is 0 Å². The lowest BCUT2D eigenvalue weighted by Gasteiger charge is -2.33. The molecule has 14 heteroatoms. The number of hydrogen-bond acceptors (Lipinski definition) is 5. The van der Waals surface area contributed by atoms with Gasteiger partial charge in [-0.15, -0.1) is 0 Å². The van der Waals surface area contributed by atoms with Crippen LogP contribution >= 0.6 is 0 Å². The lowest BCUT2D eigenvalue weighted by atomic mass is 10.0. The number of para-hydroxylation sites is 1. The second-order valence-electron chi connectivity index (χ2n) is 8.80. The maximum atomic E-state index is 15.2. The Morgan fingerprint density at radius 2 is 1.85 bits per heavy atom. The van der Waals surface area contributed by atoms with Gasteiger partial charge in [-0.25, -0.2) is 22.6 Å². The van der Waals surface area contributed by atoms with Crippen LogP contribution in [0.1, 0.15) is 18.5 Å². The van der Waals surface area contributed by atoms with E-state index in [-0.39, 0.29) is 30.0 Å². The van der Waals surface area contributed by atoms with E-state index in [2.05, 4.69) is 20.3 Å². The van der Waals surface area contributed by atoms with Crippen molar-refractivity contribution in [3.05, 3.63) is 72.3 Å². The highest BCUT2D eigenvalue weighted by Crippen LogP contribution is 2.33. The number of urea groups is 1. The molecule has 0 bridgehead atoms. The van der Waals surface area contributed by atoms with Gasteiger partial charge in [0.05, 0.1) is 29.5 Å². The van der Waals surface area contributed by atoms with E-state index in [1.807, 2.05) is 0 Å². The van der Waals surface area contributed by atoms with Gasteiger partial charge in [0, 0.05) is 12.1 Å². The Kier molecular flexibility index (Phi) is 7.77. The number of amides is 3. The molecule has 0 spiro atoms. The molecule has 3 aromatic rings. The molecule has 1 aliphatic heterocycles. The van der Waals surface area contributed by atoms with Gasteiger partial charge < -0.3 is 15.5 Å². The zero-order valence-electron chi connectivity index (χ0n) is 20.4. The van der Waals surface area contributed by atoms with E-state index in [1.165, 1.54) is 17.0 Å². The monoisotopic (exact) mass is 565 g/mol. The zero-order chi connectivity index (χ0) is 28.4. The number of rotatable bonds is 6. The normalized spacial score (nSPS) is 16.1. The summed E-state index contributed by atoms with van der Waals surface area (Å²) in [5.41, 5.74) is -0.0579. The molecule has 1 aliphatic rings. The molecule has 0 saturated carbocycles. The number of piperidine rings is 1. The first kappa shape index (κ1) is 27.8. The summed E-state index contributed by atoms with van der Waals surface area (Å²) in [4.78, 5) is 29.9. The van der Waals surface area contributed by atoms with Gasteiger partial charge in [0.1, 0.15) is 17.6 Å². The molecule has 0 unspecified atom stereocenters. The number of nitrogens with one attached hydrogen (secondary N) is 3. The van der Waals surface area contributed by atoms with Crippen molar-refractivity contribution in [2.75, 3.05) is 27.7 Å². The summed E-state index contributed by atoms with van der Waals surface area (Å²) in [7, 11) is -3.58. The Hall–Kier alpha value is -4.20. The number of carbonyl (C=O) groups is 2. The highest BCUT2D eigenvalue weighted by atomic mass is 32.2. The average molecular weight is 566 g/mol. The predicted molar refractivity (Wildman–Crippen MR) is 137 cm³/mol. The minimum absolute atomic E-state index is 0.00658. The molecule has 2 aromatic carbocycles. The molecule has 1 fully saturated rings. The predicted octanol–water partition coefficient (Wildman–Crippen LogP) is 4.60. The first-order valence-corrected chi connectivity index (χ1v) is 13.5. The smallest absolute Gasteiger partial charge is 0.326 e. The Balaban J connectivity index is 1.47. The van der Waals surface area contributed by atoms with Crippen molar-refractivity contribution in [2.45, 2.75) is 25.1 Å². The molecule has 1 aromatic heterocycles. The third-order valence-corrected chi connectivity index (χ3v) is 6.42. The maximum Gasteiger partial charge on any atom is 0.433 e. The SMILES string of the molecule is CS(=O)(=O)Nc1ccccc1-c1ccc(N2CCC[C@@H](NC(=O)Nc3ccc(C(F)(F)F)nc3)C2=O)c(F)c1. The Morgan fingerprint density at radius 3 is 2.49 bits per heavy atom.